The number of carbonyl (C=O) groups is 1. The van der Waals surface area contributed by atoms with Crippen LogP contribution in [-0.4, -0.2) is 21.0 Å². The van der Waals surface area contributed by atoms with Crippen LogP contribution in [0.5, 0.6) is 5.75 Å². The molecule has 2 aromatic heterocycles. The van der Waals surface area contributed by atoms with Gasteiger partial charge in [0.2, 0.25) is 5.91 Å². The van der Waals surface area contributed by atoms with E-state index in [1.807, 2.05) is 0 Å². The van der Waals surface area contributed by atoms with Crippen molar-refractivity contribution < 1.29 is 18.7 Å². The summed E-state index contributed by atoms with van der Waals surface area (Å²) < 4.78 is 18.5. The van der Waals surface area contributed by atoms with Gasteiger partial charge in [0.25, 0.3) is 0 Å². The van der Waals surface area contributed by atoms with Crippen LogP contribution in [0.25, 0.3) is 11.3 Å². The van der Waals surface area contributed by atoms with Gasteiger partial charge in [0.15, 0.2) is 23.2 Å². The first-order valence-corrected chi connectivity index (χ1v) is 7.26. The van der Waals surface area contributed by atoms with Gasteiger partial charge in [-0.25, -0.2) is 14.4 Å². The molecule has 0 atom stereocenters. The van der Waals surface area contributed by atoms with Gasteiger partial charge in [-0.15, -0.1) is 0 Å². The van der Waals surface area contributed by atoms with Crippen LogP contribution in [0.1, 0.15) is 12.3 Å². The van der Waals surface area contributed by atoms with Gasteiger partial charge < -0.3 is 14.8 Å². The predicted octanol–water partition coefficient (Wildman–Crippen LogP) is 3.15. The molecule has 2 heterocycles. The van der Waals surface area contributed by atoms with Gasteiger partial charge in [-0.05, 0) is 36.4 Å². The van der Waals surface area contributed by atoms with E-state index in [0.717, 1.165) is 0 Å². The molecule has 0 saturated carbocycles. The number of nitrogens with one attached hydrogen (secondary N) is 1. The Kier molecular flexibility index (Phi) is 4.51. The minimum absolute atomic E-state index is 0.0967. The number of amides is 1. The summed E-state index contributed by atoms with van der Waals surface area (Å²) in [7, 11) is 0. The number of hydrogen-bond donors (Lipinski definition) is 2. The maximum absolute atomic E-state index is 12.9. The SMILES string of the molecule is O=C(CCc1ncc(-c2ccc(F)cc2)o1)Nc1ncccc1O. The molecule has 24 heavy (non-hydrogen) atoms. The third-order valence-corrected chi connectivity index (χ3v) is 3.29. The Labute approximate surface area is 137 Å². The van der Waals surface area contributed by atoms with E-state index in [1.54, 1.807) is 18.2 Å². The average Bonchev–Trinajstić information content (AvgIpc) is 3.05. The molecular weight excluding hydrogens is 313 g/mol. The molecule has 0 saturated heterocycles. The van der Waals surface area contributed by atoms with Crippen molar-refractivity contribution in [3.8, 4) is 17.1 Å². The van der Waals surface area contributed by atoms with Crippen LogP contribution in [0, 0.1) is 5.82 Å². The highest BCUT2D eigenvalue weighted by Gasteiger charge is 2.11. The Balaban J connectivity index is 1.58. The Morgan fingerprint density at radius 3 is 2.75 bits per heavy atom. The quantitative estimate of drug-likeness (QED) is 0.751. The van der Waals surface area contributed by atoms with Crippen LogP contribution < -0.4 is 5.32 Å². The van der Waals surface area contributed by atoms with Gasteiger partial charge in [-0.3, -0.25) is 4.79 Å². The van der Waals surface area contributed by atoms with Crippen LogP contribution in [0.3, 0.4) is 0 Å². The lowest BCUT2D eigenvalue weighted by Gasteiger charge is -2.04. The van der Waals surface area contributed by atoms with E-state index in [1.165, 1.54) is 30.6 Å². The Morgan fingerprint density at radius 1 is 1.21 bits per heavy atom. The Morgan fingerprint density at radius 2 is 2.00 bits per heavy atom. The normalized spacial score (nSPS) is 10.5. The van der Waals surface area contributed by atoms with Gasteiger partial charge in [0, 0.05) is 24.6 Å². The van der Waals surface area contributed by atoms with Crippen molar-refractivity contribution in [3.63, 3.8) is 0 Å². The second-order valence-electron chi connectivity index (χ2n) is 5.04. The summed E-state index contributed by atoms with van der Waals surface area (Å²) >= 11 is 0. The number of rotatable bonds is 5. The fourth-order valence-corrected chi connectivity index (χ4v) is 2.08. The molecule has 0 aliphatic rings. The minimum Gasteiger partial charge on any atom is -0.504 e. The number of nitrogens with zero attached hydrogens (tertiary/aromatic N) is 2. The van der Waals surface area contributed by atoms with E-state index in [-0.39, 0.29) is 29.7 Å². The molecule has 122 valence electrons. The van der Waals surface area contributed by atoms with Crippen LogP contribution in [0.4, 0.5) is 10.2 Å². The van der Waals surface area contributed by atoms with Crippen LogP contribution in [-0.2, 0) is 11.2 Å². The summed E-state index contributed by atoms with van der Waals surface area (Å²) in [4.78, 5) is 19.9. The number of pyridine rings is 1. The lowest BCUT2D eigenvalue weighted by atomic mass is 10.2. The van der Waals surface area contributed by atoms with E-state index in [2.05, 4.69) is 15.3 Å². The number of aryl methyl sites for hydroxylation is 1. The first kappa shape index (κ1) is 15.7. The number of benzene rings is 1. The molecule has 6 nitrogen and oxygen atoms in total. The van der Waals surface area contributed by atoms with Crippen molar-refractivity contribution in [2.75, 3.05) is 5.32 Å². The Hall–Kier alpha value is -3.22. The minimum atomic E-state index is -0.326. The zero-order chi connectivity index (χ0) is 16.9. The van der Waals surface area contributed by atoms with E-state index >= 15 is 0 Å². The molecule has 3 aromatic rings. The van der Waals surface area contributed by atoms with Crippen molar-refractivity contribution in [1.29, 1.82) is 0 Å². The number of halogens is 1. The summed E-state index contributed by atoms with van der Waals surface area (Å²) in [6.45, 7) is 0. The highest BCUT2D eigenvalue weighted by Crippen LogP contribution is 2.22. The summed E-state index contributed by atoms with van der Waals surface area (Å²) in [6, 6.07) is 8.86. The van der Waals surface area contributed by atoms with Crippen LogP contribution >= 0.6 is 0 Å². The second kappa shape index (κ2) is 6.91. The molecular formula is C17H14FN3O3. The van der Waals surface area contributed by atoms with Crippen molar-refractivity contribution in [2.45, 2.75) is 12.8 Å². The van der Waals surface area contributed by atoms with Gasteiger partial charge >= 0.3 is 0 Å². The van der Waals surface area contributed by atoms with Crippen molar-refractivity contribution in [2.24, 2.45) is 0 Å². The third-order valence-electron chi connectivity index (χ3n) is 3.29. The largest absolute Gasteiger partial charge is 0.504 e. The number of aromatic nitrogens is 2. The van der Waals surface area contributed by atoms with E-state index in [0.29, 0.717) is 23.6 Å². The fourth-order valence-electron chi connectivity index (χ4n) is 2.08. The average molecular weight is 327 g/mol. The smallest absolute Gasteiger partial charge is 0.226 e. The summed E-state index contributed by atoms with van der Waals surface area (Å²) in [6.07, 6.45) is 3.42. The maximum atomic E-state index is 12.9. The summed E-state index contributed by atoms with van der Waals surface area (Å²) in [5.74, 6) is 0.281. The monoisotopic (exact) mass is 327 g/mol. The number of hydrogen-bond acceptors (Lipinski definition) is 5. The molecule has 0 aliphatic carbocycles. The van der Waals surface area contributed by atoms with E-state index < -0.39 is 0 Å². The molecule has 7 heteroatoms. The summed E-state index contributed by atoms with van der Waals surface area (Å²) in [5.41, 5.74) is 0.706. The highest BCUT2D eigenvalue weighted by molar-refractivity contribution is 5.91. The number of carbonyl (C=O) groups excluding carboxylic acids is 1. The number of anilines is 1. The van der Waals surface area contributed by atoms with Crippen LogP contribution in [0.2, 0.25) is 0 Å². The number of aromatic hydroxyl groups is 1. The van der Waals surface area contributed by atoms with Crippen molar-refractivity contribution >= 4 is 11.7 Å². The second-order valence-corrected chi connectivity index (χ2v) is 5.04. The molecule has 0 unspecified atom stereocenters. The standard InChI is InChI=1S/C17H14FN3O3/c18-12-5-3-11(4-6-12)14-10-20-16(24-14)8-7-15(23)21-17-13(22)2-1-9-19-17/h1-6,9-10,22H,7-8H2,(H,19,21,23). The first-order valence-electron chi connectivity index (χ1n) is 7.26. The predicted molar refractivity (Wildman–Crippen MR) is 84.7 cm³/mol. The third kappa shape index (κ3) is 3.75. The molecule has 0 bridgehead atoms. The highest BCUT2D eigenvalue weighted by atomic mass is 19.1. The molecule has 0 spiro atoms. The van der Waals surface area contributed by atoms with Crippen molar-refractivity contribution in [3.05, 3.63) is 60.5 Å². The number of oxazole rings is 1. The molecule has 0 aliphatic heterocycles. The zero-order valence-electron chi connectivity index (χ0n) is 12.6. The van der Waals surface area contributed by atoms with Crippen molar-refractivity contribution in [1.82, 2.24) is 9.97 Å². The van der Waals surface area contributed by atoms with Crippen LogP contribution in [0.15, 0.2) is 53.2 Å². The lowest BCUT2D eigenvalue weighted by molar-refractivity contribution is -0.116. The summed E-state index contributed by atoms with van der Waals surface area (Å²) in [5, 5.41) is 12.1. The molecule has 2 N–H and O–H groups in total. The lowest BCUT2D eigenvalue weighted by Crippen LogP contribution is -2.13. The molecule has 3 rings (SSSR count). The van der Waals surface area contributed by atoms with Gasteiger partial charge in [0.05, 0.1) is 6.20 Å². The van der Waals surface area contributed by atoms with E-state index in [4.69, 9.17) is 4.42 Å². The first-order chi connectivity index (χ1) is 11.6. The molecule has 1 aromatic carbocycles. The van der Waals surface area contributed by atoms with Gasteiger partial charge in [-0.1, -0.05) is 0 Å². The zero-order valence-corrected chi connectivity index (χ0v) is 12.6. The van der Waals surface area contributed by atoms with Gasteiger partial charge in [0.1, 0.15) is 5.82 Å². The van der Waals surface area contributed by atoms with E-state index in [9.17, 15) is 14.3 Å². The molecule has 0 fully saturated rings. The topological polar surface area (TPSA) is 88.3 Å². The fraction of sp³-hybridized carbons (Fsp3) is 0.118. The van der Waals surface area contributed by atoms with Gasteiger partial charge in [-0.2, -0.15) is 0 Å². The molecule has 0 radical (unpaired) electrons. The maximum Gasteiger partial charge on any atom is 0.226 e. The molecule has 1 amide bonds. The Bertz CT molecular complexity index is 846.